The molecule has 2 N–H and O–H groups in total. The Balaban J connectivity index is 2.46. The van der Waals surface area contributed by atoms with Crippen LogP contribution >= 0.6 is 0 Å². The van der Waals surface area contributed by atoms with Crippen LogP contribution in [-0.4, -0.2) is 23.0 Å². The van der Waals surface area contributed by atoms with Gasteiger partial charge in [0.15, 0.2) is 0 Å². The van der Waals surface area contributed by atoms with Crippen molar-refractivity contribution in [3.8, 4) is 0 Å². The average molecular weight is 303 g/mol. The molecule has 0 saturated heterocycles. The Morgan fingerprint density at radius 1 is 1.33 bits per heavy atom. The van der Waals surface area contributed by atoms with Gasteiger partial charge in [0, 0.05) is 6.42 Å². The molecular formula is C14H16F3NO3. The van der Waals surface area contributed by atoms with Gasteiger partial charge in [-0.15, -0.1) is 0 Å². The van der Waals surface area contributed by atoms with Crippen molar-refractivity contribution < 1.29 is 27.9 Å². The zero-order chi connectivity index (χ0) is 16.0. The highest BCUT2D eigenvalue weighted by atomic mass is 19.4. The predicted octanol–water partition coefficient (Wildman–Crippen LogP) is 2.62. The lowest BCUT2D eigenvalue weighted by atomic mass is 10.0. The number of alkyl halides is 3. The summed E-state index contributed by atoms with van der Waals surface area (Å²) in [4.78, 5) is 22.0. The number of amides is 1. The summed E-state index contributed by atoms with van der Waals surface area (Å²) in [5.74, 6) is -1.57. The Morgan fingerprint density at radius 2 is 2.00 bits per heavy atom. The molecule has 0 spiro atoms. The fourth-order valence-corrected chi connectivity index (χ4v) is 1.73. The SMILES string of the molecule is CC(NC(=O)CCCc1cccc(C(F)(F)F)c1)C(=O)O. The Morgan fingerprint density at radius 3 is 2.57 bits per heavy atom. The van der Waals surface area contributed by atoms with Crippen molar-refractivity contribution in [3.63, 3.8) is 0 Å². The number of carbonyl (C=O) groups is 2. The van der Waals surface area contributed by atoms with Crippen molar-refractivity contribution in [1.82, 2.24) is 5.32 Å². The lowest BCUT2D eigenvalue weighted by Crippen LogP contribution is -2.38. The second kappa shape index (κ2) is 7.10. The van der Waals surface area contributed by atoms with Gasteiger partial charge in [-0.2, -0.15) is 13.2 Å². The maximum Gasteiger partial charge on any atom is 0.416 e. The Bertz CT molecular complexity index is 514. The van der Waals surface area contributed by atoms with Crippen LogP contribution in [0.2, 0.25) is 0 Å². The number of carboxylic acid groups (broad SMARTS) is 1. The standard InChI is InChI=1S/C14H16F3NO3/c1-9(13(20)21)18-12(19)7-3-5-10-4-2-6-11(8-10)14(15,16)17/h2,4,6,8-9H,3,5,7H2,1H3,(H,18,19)(H,20,21). The van der Waals surface area contributed by atoms with Crippen molar-refractivity contribution in [2.75, 3.05) is 0 Å². The van der Waals surface area contributed by atoms with Gasteiger partial charge in [-0.25, -0.2) is 0 Å². The van der Waals surface area contributed by atoms with E-state index in [4.69, 9.17) is 5.11 Å². The van der Waals surface area contributed by atoms with Crippen LogP contribution in [0.15, 0.2) is 24.3 Å². The molecule has 0 aliphatic carbocycles. The van der Waals surface area contributed by atoms with Gasteiger partial charge in [0.05, 0.1) is 5.56 Å². The van der Waals surface area contributed by atoms with Crippen molar-refractivity contribution in [1.29, 1.82) is 0 Å². The minimum atomic E-state index is -4.38. The summed E-state index contributed by atoms with van der Waals surface area (Å²) in [6, 6.07) is 3.95. The molecule has 4 nitrogen and oxygen atoms in total. The van der Waals surface area contributed by atoms with Gasteiger partial charge < -0.3 is 10.4 Å². The van der Waals surface area contributed by atoms with Gasteiger partial charge in [-0.05, 0) is 31.4 Å². The van der Waals surface area contributed by atoms with E-state index in [2.05, 4.69) is 5.32 Å². The van der Waals surface area contributed by atoms with Gasteiger partial charge in [0.25, 0.3) is 0 Å². The van der Waals surface area contributed by atoms with Crippen molar-refractivity contribution in [3.05, 3.63) is 35.4 Å². The lowest BCUT2D eigenvalue weighted by molar-refractivity contribution is -0.141. The summed E-state index contributed by atoms with van der Waals surface area (Å²) in [6.45, 7) is 1.34. The molecule has 0 radical (unpaired) electrons. The maximum absolute atomic E-state index is 12.5. The molecule has 0 fully saturated rings. The number of aryl methyl sites for hydroxylation is 1. The monoisotopic (exact) mass is 303 g/mol. The lowest BCUT2D eigenvalue weighted by Gasteiger charge is -2.10. The molecule has 0 saturated carbocycles. The zero-order valence-electron chi connectivity index (χ0n) is 11.4. The van der Waals surface area contributed by atoms with Crippen molar-refractivity contribution in [2.24, 2.45) is 0 Å². The molecule has 0 aliphatic rings. The van der Waals surface area contributed by atoms with Crippen LogP contribution < -0.4 is 5.32 Å². The van der Waals surface area contributed by atoms with Gasteiger partial charge in [0.2, 0.25) is 5.91 Å². The van der Waals surface area contributed by atoms with E-state index in [1.165, 1.54) is 13.0 Å². The fraction of sp³-hybridized carbons (Fsp3) is 0.429. The highest BCUT2D eigenvalue weighted by Gasteiger charge is 2.30. The van der Waals surface area contributed by atoms with Gasteiger partial charge >= 0.3 is 12.1 Å². The summed E-state index contributed by atoms with van der Waals surface area (Å²) in [6.07, 6.45) is -3.66. The summed E-state index contributed by atoms with van der Waals surface area (Å²) in [7, 11) is 0. The molecule has 1 unspecified atom stereocenters. The summed E-state index contributed by atoms with van der Waals surface area (Å²) in [5, 5.41) is 10.9. The molecule has 0 heterocycles. The van der Waals surface area contributed by atoms with E-state index in [1.807, 2.05) is 0 Å². The minimum Gasteiger partial charge on any atom is -0.480 e. The number of hydrogen-bond acceptors (Lipinski definition) is 2. The third kappa shape index (κ3) is 5.85. The summed E-state index contributed by atoms with van der Waals surface area (Å²) < 4.78 is 37.6. The molecule has 116 valence electrons. The van der Waals surface area contributed by atoms with Crippen LogP contribution in [0.25, 0.3) is 0 Å². The van der Waals surface area contributed by atoms with Crippen LogP contribution in [-0.2, 0) is 22.2 Å². The number of nitrogens with one attached hydrogen (secondary N) is 1. The summed E-state index contributed by atoms with van der Waals surface area (Å²) >= 11 is 0. The molecule has 0 aliphatic heterocycles. The molecule has 21 heavy (non-hydrogen) atoms. The first-order chi connectivity index (χ1) is 9.70. The van der Waals surface area contributed by atoms with E-state index < -0.39 is 29.7 Å². The summed E-state index contributed by atoms with van der Waals surface area (Å²) in [5.41, 5.74) is -0.229. The van der Waals surface area contributed by atoms with E-state index in [1.54, 1.807) is 6.07 Å². The number of aliphatic carboxylic acids is 1. The zero-order valence-corrected chi connectivity index (χ0v) is 11.4. The predicted molar refractivity (Wildman–Crippen MR) is 69.6 cm³/mol. The van der Waals surface area contributed by atoms with Crippen molar-refractivity contribution in [2.45, 2.75) is 38.4 Å². The van der Waals surface area contributed by atoms with Crippen LogP contribution in [0.3, 0.4) is 0 Å². The highest BCUT2D eigenvalue weighted by Crippen LogP contribution is 2.29. The molecule has 1 aromatic rings. The van der Waals surface area contributed by atoms with E-state index >= 15 is 0 Å². The van der Waals surface area contributed by atoms with Crippen molar-refractivity contribution >= 4 is 11.9 Å². The van der Waals surface area contributed by atoms with Crippen LogP contribution in [0.5, 0.6) is 0 Å². The van der Waals surface area contributed by atoms with Crippen LogP contribution in [0, 0.1) is 0 Å². The van der Waals surface area contributed by atoms with Gasteiger partial charge in [0.1, 0.15) is 6.04 Å². The number of rotatable bonds is 6. The molecular weight excluding hydrogens is 287 g/mol. The number of benzene rings is 1. The Labute approximate surface area is 120 Å². The van der Waals surface area contributed by atoms with E-state index in [9.17, 15) is 22.8 Å². The third-order valence-electron chi connectivity index (χ3n) is 2.87. The van der Waals surface area contributed by atoms with Crippen LogP contribution in [0.1, 0.15) is 30.9 Å². The second-order valence-corrected chi connectivity index (χ2v) is 4.68. The molecule has 0 aromatic heterocycles. The second-order valence-electron chi connectivity index (χ2n) is 4.68. The van der Waals surface area contributed by atoms with E-state index in [0.29, 0.717) is 18.4 Å². The topological polar surface area (TPSA) is 66.4 Å². The minimum absolute atomic E-state index is 0.0634. The average Bonchev–Trinajstić information content (AvgIpc) is 2.37. The Hall–Kier alpha value is -2.05. The quantitative estimate of drug-likeness (QED) is 0.849. The first-order valence-electron chi connectivity index (χ1n) is 6.38. The molecule has 0 bridgehead atoms. The van der Waals surface area contributed by atoms with Gasteiger partial charge in [-0.3, -0.25) is 9.59 Å². The molecule has 1 rings (SSSR count). The molecule has 7 heteroatoms. The first kappa shape index (κ1) is 17.0. The number of halogens is 3. The number of carbonyl (C=O) groups excluding carboxylic acids is 1. The molecule has 1 atom stereocenters. The largest absolute Gasteiger partial charge is 0.480 e. The first-order valence-corrected chi connectivity index (χ1v) is 6.38. The third-order valence-corrected chi connectivity index (χ3v) is 2.87. The smallest absolute Gasteiger partial charge is 0.416 e. The Kier molecular flexibility index (Phi) is 5.75. The highest BCUT2D eigenvalue weighted by molar-refractivity contribution is 5.83. The fourth-order valence-electron chi connectivity index (χ4n) is 1.73. The number of hydrogen-bond donors (Lipinski definition) is 2. The normalized spacial score (nSPS) is 12.8. The molecule has 1 aromatic carbocycles. The van der Waals surface area contributed by atoms with E-state index in [-0.39, 0.29) is 6.42 Å². The maximum atomic E-state index is 12.5. The van der Waals surface area contributed by atoms with E-state index in [0.717, 1.165) is 12.1 Å². The number of carboxylic acids is 1. The molecule has 1 amide bonds. The van der Waals surface area contributed by atoms with Crippen LogP contribution in [0.4, 0.5) is 13.2 Å². The van der Waals surface area contributed by atoms with Gasteiger partial charge in [-0.1, -0.05) is 18.2 Å².